The van der Waals surface area contributed by atoms with Crippen LogP contribution in [0.4, 0.5) is 5.69 Å². The summed E-state index contributed by atoms with van der Waals surface area (Å²) in [7, 11) is 1.58. The third-order valence-corrected chi connectivity index (χ3v) is 5.76. The van der Waals surface area contributed by atoms with Crippen molar-refractivity contribution in [2.75, 3.05) is 25.1 Å². The lowest BCUT2D eigenvalue weighted by atomic mass is 10.0. The highest BCUT2D eigenvalue weighted by Crippen LogP contribution is 2.29. The molecule has 0 spiro atoms. The van der Waals surface area contributed by atoms with Crippen LogP contribution in [0, 0.1) is 18.3 Å². The van der Waals surface area contributed by atoms with E-state index in [0.29, 0.717) is 18.0 Å². The van der Waals surface area contributed by atoms with Gasteiger partial charge in [-0.2, -0.15) is 5.26 Å². The van der Waals surface area contributed by atoms with Crippen LogP contribution in [-0.4, -0.2) is 26.1 Å². The molecule has 6 heteroatoms. The summed E-state index contributed by atoms with van der Waals surface area (Å²) in [6.45, 7) is 2.51. The van der Waals surface area contributed by atoms with E-state index in [9.17, 15) is 4.79 Å². The van der Waals surface area contributed by atoms with Crippen LogP contribution < -0.4 is 15.0 Å². The van der Waals surface area contributed by atoms with Crippen LogP contribution in [0.3, 0.4) is 0 Å². The van der Waals surface area contributed by atoms with Crippen molar-refractivity contribution in [3.63, 3.8) is 0 Å². The Hall–Kier alpha value is -3.14. The predicted molar refractivity (Wildman–Crippen MR) is 121 cm³/mol. The summed E-state index contributed by atoms with van der Waals surface area (Å²) < 4.78 is 5.43. The zero-order valence-electron chi connectivity index (χ0n) is 17.2. The van der Waals surface area contributed by atoms with E-state index in [2.05, 4.69) is 48.6 Å². The van der Waals surface area contributed by atoms with Crippen LogP contribution in [-0.2, 0) is 4.79 Å². The molecular weight excluding hydrogens is 394 g/mol. The first-order chi connectivity index (χ1) is 14.6. The number of anilines is 1. The Bertz CT molecular complexity index is 994. The molecule has 1 aromatic heterocycles. The Morgan fingerprint density at radius 1 is 1.17 bits per heavy atom. The number of ether oxygens (including phenoxy) is 1. The molecule has 0 aliphatic rings. The zero-order valence-corrected chi connectivity index (χ0v) is 18.0. The number of carbonyl (C=O) groups is 1. The number of aryl methyl sites for hydroxylation is 1. The summed E-state index contributed by atoms with van der Waals surface area (Å²) in [6.07, 6.45) is 0.246. The first kappa shape index (κ1) is 21.6. The van der Waals surface area contributed by atoms with E-state index in [1.807, 2.05) is 35.7 Å². The van der Waals surface area contributed by atoms with Gasteiger partial charge in [0.1, 0.15) is 5.75 Å². The van der Waals surface area contributed by atoms with Crippen LogP contribution >= 0.6 is 11.3 Å². The number of methoxy groups -OCH3 is 1. The third kappa shape index (κ3) is 5.26. The molecule has 0 aliphatic carbocycles. The largest absolute Gasteiger partial charge is 0.495 e. The van der Waals surface area contributed by atoms with Crippen molar-refractivity contribution in [2.24, 2.45) is 0 Å². The minimum Gasteiger partial charge on any atom is -0.495 e. The van der Waals surface area contributed by atoms with Crippen LogP contribution in [0.15, 0.2) is 66.0 Å². The summed E-state index contributed by atoms with van der Waals surface area (Å²) in [5, 5.41) is 14.5. The van der Waals surface area contributed by atoms with Crippen molar-refractivity contribution < 1.29 is 9.53 Å². The summed E-state index contributed by atoms with van der Waals surface area (Å²) >= 11 is 1.66. The fourth-order valence-electron chi connectivity index (χ4n) is 3.28. The van der Waals surface area contributed by atoms with Gasteiger partial charge in [-0.15, -0.1) is 11.3 Å². The van der Waals surface area contributed by atoms with Gasteiger partial charge in [0.15, 0.2) is 0 Å². The summed E-state index contributed by atoms with van der Waals surface area (Å²) in [4.78, 5) is 15.9. The zero-order chi connectivity index (χ0) is 21.3. The van der Waals surface area contributed by atoms with Crippen LogP contribution in [0.5, 0.6) is 5.75 Å². The summed E-state index contributed by atoms with van der Waals surface area (Å²) in [5.41, 5.74) is 2.97. The maximum Gasteiger partial charge on any atom is 0.241 e. The Morgan fingerprint density at radius 3 is 2.60 bits per heavy atom. The van der Waals surface area contributed by atoms with Crippen molar-refractivity contribution in [2.45, 2.75) is 19.4 Å². The topological polar surface area (TPSA) is 65.4 Å². The van der Waals surface area contributed by atoms with E-state index in [0.717, 1.165) is 10.4 Å². The standard InChI is InChI=1S/C24H25N3O2S/c1-18-10-12-19(13-11-18)24(22-9-5-16-30-22)26-17-23(28)27(15-6-14-25)20-7-3-4-8-21(20)29-2/h3-5,7-13,16,24,26H,6,15,17H2,1-2H3/t24-/m0/s1. The number of rotatable bonds is 9. The molecule has 1 heterocycles. The van der Waals surface area contributed by atoms with Crippen LogP contribution in [0.1, 0.15) is 28.5 Å². The molecule has 0 fully saturated rings. The molecule has 1 N–H and O–H groups in total. The molecule has 3 aromatic rings. The van der Waals surface area contributed by atoms with Gasteiger partial charge in [-0.3, -0.25) is 10.1 Å². The van der Waals surface area contributed by atoms with Gasteiger partial charge in [-0.1, -0.05) is 48.0 Å². The minimum absolute atomic E-state index is 0.0787. The van der Waals surface area contributed by atoms with Gasteiger partial charge in [0.05, 0.1) is 37.9 Å². The number of hydrogen-bond acceptors (Lipinski definition) is 5. The van der Waals surface area contributed by atoms with E-state index < -0.39 is 0 Å². The Morgan fingerprint density at radius 2 is 1.93 bits per heavy atom. The molecule has 0 radical (unpaired) electrons. The lowest BCUT2D eigenvalue weighted by molar-refractivity contribution is -0.117. The highest BCUT2D eigenvalue weighted by atomic mass is 32.1. The number of thiophene rings is 1. The van der Waals surface area contributed by atoms with Crippen molar-refractivity contribution in [1.29, 1.82) is 5.26 Å². The molecule has 5 nitrogen and oxygen atoms in total. The number of carbonyl (C=O) groups excluding carboxylic acids is 1. The van der Waals surface area contributed by atoms with Crippen molar-refractivity contribution in [3.8, 4) is 11.8 Å². The van der Waals surface area contributed by atoms with Gasteiger partial charge in [0.25, 0.3) is 0 Å². The van der Waals surface area contributed by atoms with Gasteiger partial charge in [-0.25, -0.2) is 0 Å². The number of nitrogens with one attached hydrogen (secondary N) is 1. The maximum absolute atomic E-state index is 13.2. The predicted octanol–water partition coefficient (Wildman–Crippen LogP) is 4.69. The molecule has 0 saturated heterocycles. The molecular formula is C24H25N3O2S. The van der Waals surface area contributed by atoms with Gasteiger partial charge in [-0.05, 0) is 36.1 Å². The average molecular weight is 420 g/mol. The summed E-state index contributed by atoms with van der Waals surface area (Å²) in [5.74, 6) is 0.501. The fraction of sp³-hybridized carbons (Fsp3) is 0.250. The van der Waals surface area contributed by atoms with Gasteiger partial charge < -0.3 is 9.64 Å². The molecule has 1 amide bonds. The van der Waals surface area contributed by atoms with E-state index in [1.54, 1.807) is 23.3 Å². The Kier molecular flexibility index (Phi) is 7.61. The monoisotopic (exact) mass is 419 g/mol. The highest BCUT2D eigenvalue weighted by Gasteiger charge is 2.22. The molecule has 0 saturated carbocycles. The Labute approximate surface area is 181 Å². The van der Waals surface area contributed by atoms with E-state index >= 15 is 0 Å². The normalized spacial score (nSPS) is 11.5. The molecule has 1 atom stereocenters. The molecule has 3 rings (SSSR count). The van der Waals surface area contributed by atoms with Crippen LogP contribution in [0.2, 0.25) is 0 Å². The third-order valence-electron chi connectivity index (χ3n) is 4.82. The smallest absolute Gasteiger partial charge is 0.241 e. The quantitative estimate of drug-likeness (QED) is 0.546. The van der Waals surface area contributed by atoms with Crippen molar-refractivity contribution in [1.82, 2.24) is 5.32 Å². The number of benzene rings is 2. The van der Waals surface area contributed by atoms with Crippen LogP contribution in [0.25, 0.3) is 0 Å². The summed E-state index contributed by atoms with van der Waals surface area (Å²) in [6, 6.07) is 21.8. The number of nitrogens with zero attached hydrogens (tertiary/aromatic N) is 2. The van der Waals surface area contributed by atoms with Crippen molar-refractivity contribution >= 4 is 22.9 Å². The average Bonchev–Trinajstić information content (AvgIpc) is 3.30. The number of para-hydroxylation sites is 2. The van der Waals surface area contributed by atoms with E-state index in [1.165, 1.54) is 5.56 Å². The molecule has 154 valence electrons. The number of nitriles is 1. The highest BCUT2D eigenvalue weighted by molar-refractivity contribution is 7.10. The molecule has 2 aromatic carbocycles. The fourth-order valence-corrected chi connectivity index (χ4v) is 4.10. The first-order valence-corrected chi connectivity index (χ1v) is 10.7. The lowest BCUT2D eigenvalue weighted by Crippen LogP contribution is -2.40. The van der Waals surface area contributed by atoms with Crippen molar-refractivity contribution in [3.05, 3.63) is 82.0 Å². The van der Waals surface area contributed by atoms with Gasteiger partial charge >= 0.3 is 0 Å². The second kappa shape index (κ2) is 10.6. The van der Waals surface area contributed by atoms with Gasteiger partial charge in [0.2, 0.25) is 5.91 Å². The molecule has 0 bridgehead atoms. The van der Waals surface area contributed by atoms with E-state index in [-0.39, 0.29) is 24.9 Å². The minimum atomic E-state index is -0.108. The van der Waals surface area contributed by atoms with Gasteiger partial charge in [0, 0.05) is 11.4 Å². The number of amides is 1. The maximum atomic E-state index is 13.2. The first-order valence-electron chi connectivity index (χ1n) is 9.77. The molecule has 0 unspecified atom stereocenters. The lowest BCUT2D eigenvalue weighted by Gasteiger charge is -2.25. The second-order valence-electron chi connectivity index (χ2n) is 6.87. The Balaban J connectivity index is 1.81. The molecule has 0 aliphatic heterocycles. The number of hydrogen-bond donors (Lipinski definition) is 1. The SMILES string of the molecule is COc1ccccc1N(CCC#N)C(=O)CN[C@@H](c1ccc(C)cc1)c1cccs1. The van der Waals surface area contributed by atoms with E-state index in [4.69, 9.17) is 10.00 Å². The molecule has 30 heavy (non-hydrogen) atoms. The second-order valence-corrected chi connectivity index (χ2v) is 7.84.